The third-order valence-electron chi connectivity index (χ3n) is 6.70. The molecule has 2 amide bonds. The van der Waals surface area contributed by atoms with Crippen LogP contribution in [0.2, 0.25) is 0 Å². The van der Waals surface area contributed by atoms with Crippen LogP contribution in [0.3, 0.4) is 0 Å². The van der Waals surface area contributed by atoms with E-state index in [2.05, 4.69) is 10.5 Å². The molecule has 4 unspecified atom stereocenters. The molecule has 2 saturated heterocycles. The number of carbonyl (C=O) groups is 2. The minimum atomic E-state index is -0.777. The van der Waals surface area contributed by atoms with E-state index in [0.29, 0.717) is 24.7 Å². The zero-order valence-corrected chi connectivity index (χ0v) is 15.8. The molecule has 8 heteroatoms. The molecule has 4 heterocycles. The number of fused-ring (bicyclic) bond motifs is 1. The van der Waals surface area contributed by atoms with Crippen LogP contribution in [0.4, 0.5) is 5.82 Å². The Morgan fingerprint density at radius 3 is 3.00 bits per heavy atom. The molecule has 6 atom stereocenters. The number of hydrogen-bond acceptors (Lipinski definition) is 6. The number of carbonyl (C=O) groups excluding carboxylic acids is 2. The fraction of sp³-hybridized carbons (Fsp3) is 0.650. The van der Waals surface area contributed by atoms with Crippen LogP contribution in [0.1, 0.15) is 31.4 Å². The van der Waals surface area contributed by atoms with Gasteiger partial charge >= 0.3 is 0 Å². The zero-order valence-electron chi connectivity index (χ0n) is 15.8. The quantitative estimate of drug-likeness (QED) is 0.745. The van der Waals surface area contributed by atoms with Crippen molar-refractivity contribution in [3.63, 3.8) is 0 Å². The summed E-state index contributed by atoms with van der Waals surface area (Å²) in [4.78, 5) is 27.7. The summed E-state index contributed by atoms with van der Waals surface area (Å²) >= 11 is 0. The monoisotopic (exact) mass is 387 g/mol. The minimum Gasteiger partial charge on any atom is -0.393 e. The molecule has 3 aliphatic heterocycles. The van der Waals surface area contributed by atoms with E-state index in [1.807, 2.05) is 12.2 Å². The highest BCUT2D eigenvalue weighted by molar-refractivity contribution is 6.02. The van der Waals surface area contributed by atoms with Gasteiger partial charge in [-0.25, -0.2) is 0 Å². The van der Waals surface area contributed by atoms with Crippen LogP contribution < -0.4 is 10.2 Å². The summed E-state index contributed by atoms with van der Waals surface area (Å²) in [6, 6.07) is 1.71. The lowest BCUT2D eigenvalue weighted by molar-refractivity contribution is -0.132. The number of nitrogens with one attached hydrogen (secondary N) is 1. The summed E-state index contributed by atoms with van der Waals surface area (Å²) in [5.74, 6) is -0.291. The van der Waals surface area contributed by atoms with E-state index in [0.717, 1.165) is 25.7 Å². The number of amides is 2. The molecule has 0 radical (unpaired) electrons. The van der Waals surface area contributed by atoms with E-state index in [1.54, 1.807) is 17.9 Å². The standard InChI is InChI=1S/C20H25N3O5/c1-11-8-15(22-28-11)23-10-20-7-6-14(27-20)16(17(20)19(23)26)18(25)21-9-12-4-2-3-5-13(12)24/h6-8,12-14,16-17,24H,2-5,9-10H2,1H3,(H,21,25)/t12-,13-,14?,16?,17?,20?/m1/s1. The van der Waals surface area contributed by atoms with E-state index >= 15 is 0 Å². The fourth-order valence-corrected chi connectivity index (χ4v) is 5.25. The number of aromatic nitrogens is 1. The number of anilines is 1. The Hall–Kier alpha value is -2.19. The highest BCUT2D eigenvalue weighted by Crippen LogP contribution is 2.52. The van der Waals surface area contributed by atoms with Crippen molar-refractivity contribution in [3.05, 3.63) is 24.0 Å². The number of nitrogens with zero attached hydrogens (tertiary/aromatic N) is 2. The first-order valence-corrected chi connectivity index (χ1v) is 10.1. The summed E-state index contributed by atoms with van der Waals surface area (Å²) in [7, 11) is 0. The van der Waals surface area contributed by atoms with Gasteiger partial charge in [0.15, 0.2) is 5.82 Å². The normalized spacial score (nSPS) is 38.9. The van der Waals surface area contributed by atoms with Crippen LogP contribution >= 0.6 is 0 Å². The molecular formula is C20H25N3O5. The Bertz CT molecular complexity index is 836. The minimum absolute atomic E-state index is 0.0793. The van der Waals surface area contributed by atoms with Gasteiger partial charge in [-0.3, -0.25) is 14.5 Å². The van der Waals surface area contributed by atoms with Crippen molar-refractivity contribution >= 4 is 17.6 Å². The number of aliphatic hydroxyl groups is 1. The van der Waals surface area contributed by atoms with Crippen molar-refractivity contribution in [2.75, 3.05) is 18.0 Å². The average molecular weight is 387 g/mol. The van der Waals surface area contributed by atoms with Gasteiger partial charge in [0.2, 0.25) is 11.8 Å². The van der Waals surface area contributed by atoms with Gasteiger partial charge in [-0.2, -0.15) is 0 Å². The van der Waals surface area contributed by atoms with Crippen LogP contribution in [0.15, 0.2) is 22.7 Å². The summed E-state index contributed by atoms with van der Waals surface area (Å²) in [5, 5.41) is 17.1. The molecule has 28 heavy (non-hydrogen) atoms. The van der Waals surface area contributed by atoms with E-state index < -0.39 is 17.4 Å². The van der Waals surface area contributed by atoms with Crippen molar-refractivity contribution in [2.45, 2.75) is 50.4 Å². The number of aliphatic hydroxyl groups excluding tert-OH is 1. The number of ether oxygens (including phenoxy) is 1. The van der Waals surface area contributed by atoms with Gasteiger partial charge in [0.1, 0.15) is 11.4 Å². The van der Waals surface area contributed by atoms with Gasteiger partial charge in [-0.1, -0.05) is 30.2 Å². The first-order valence-electron chi connectivity index (χ1n) is 10.1. The van der Waals surface area contributed by atoms with Crippen LogP contribution in [0, 0.1) is 24.7 Å². The maximum absolute atomic E-state index is 13.2. The summed E-state index contributed by atoms with van der Waals surface area (Å²) in [6.45, 7) is 2.54. The summed E-state index contributed by atoms with van der Waals surface area (Å²) in [5.41, 5.74) is -0.777. The molecule has 2 bridgehead atoms. The predicted molar refractivity (Wildman–Crippen MR) is 98.3 cm³/mol. The maximum Gasteiger partial charge on any atom is 0.235 e. The smallest absolute Gasteiger partial charge is 0.235 e. The van der Waals surface area contributed by atoms with E-state index in [9.17, 15) is 14.7 Å². The van der Waals surface area contributed by atoms with Crippen molar-refractivity contribution < 1.29 is 24.0 Å². The second-order valence-electron chi connectivity index (χ2n) is 8.48. The van der Waals surface area contributed by atoms with Crippen LogP contribution in [0.5, 0.6) is 0 Å². The lowest BCUT2D eigenvalue weighted by atomic mass is 9.76. The molecular weight excluding hydrogens is 362 g/mol. The molecule has 1 aromatic rings. The van der Waals surface area contributed by atoms with Crippen molar-refractivity contribution in [1.29, 1.82) is 0 Å². The predicted octanol–water partition coefficient (Wildman–Crippen LogP) is 0.937. The highest BCUT2D eigenvalue weighted by Gasteiger charge is 2.67. The molecule has 1 saturated carbocycles. The highest BCUT2D eigenvalue weighted by atomic mass is 16.5. The summed E-state index contributed by atoms with van der Waals surface area (Å²) < 4.78 is 11.2. The second-order valence-corrected chi connectivity index (χ2v) is 8.48. The molecule has 5 rings (SSSR count). The van der Waals surface area contributed by atoms with Gasteiger partial charge < -0.3 is 19.7 Å². The Kier molecular flexibility index (Phi) is 4.10. The average Bonchev–Trinajstić information content (AvgIpc) is 3.42. The largest absolute Gasteiger partial charge is 0.393 e. The van der Waals surface area contributed by atoms with Gasteiger partial charge in [-0.05, 0) is 19.8 Å². The van der Waals surface area contributed by atoms with Crippen molar-refractivity contribution in [2.24, 2.45) is 17.8 Å². The second kappa shape index (κ2) is 6.42. The Labute approximate surface area is 162 Å². The number of rotatable bonds is 4. The van der Waals surface area contributed by atoms with Gasteiger partial charge in [0.05, 0.1) is 30.6 Å². The topological polar surface area (TPSA) is 105 Å². The number of aryl methyl sites for hydroxylation is 1. The molecule has 1 spiro atoms. The molecule has 0 aromatic carbocycles. The molecule has 3 fully saturated rings. The van der Waals surface area contributed by atoms with Gasteiger partial charge in [-0.15, -0.1) is 0 Å². The van der Waals surface area contributed by atoms with Crippen molar-refractivity contribution in [1.82, 2.24) is 10.5 Å². The number of hydrogen-bond donors (Lipinski definition) is 2. The van der Waals surface area contributed by atoms with Crippen LogP contribution in [-0.2, 0) is 14.3 Å². The fourth-order valence-electron chi connectivity index (χ4n) is 5.25. The Balaban J connectivity index is 1.33. The molecule has 1 aliphatic carbocycles. The van der Waals surface area contributed by atoms with Crippen molar-refractivity contribution in [3.8, 4) is 0 Å². The van der Waals surface area contributed by atoms with Gasteiger partial charge in [0, 0.05) is 18.5 Å². The zero-order chi connectivity index (χ0) is 19.5. The first kappa shape index (κ1) is 17.9. The Morgan fingerprint density at radius 2 is 2.25 bits per heavy atom. The van der Waals surface area contributed by atoms with E-state index in [1.165, 1.54) is 0 Å². The third-order valence-corrected chi connectivity index (χ3v) is 6.70. The Morgan fingerprint density at radius 1 is 1.43 bits per heavy atom. The molecule has 1 aromatic heterocycles. The van der Waals surface area contributed by atoms with Crippen LogP contribution in [-0.4, -0.2) is 53.0 Å². The SMILES string of the molecule is Cc1cc(N2CC34C=CC(O3)C(C(=O)NC[C@H]3CCCC[C@H]3O)C4C2=O)no1. The lowest BCUT2D eigenvalue weighted by Gasteiger charge is -2.29. The molecule has 4 aliphatic rings. The molecule has 2 N–H and O–H groups in total. The van der Waals surface area contributed by atoms with Crippen LogP contribution in [0.25, 0.3) is 0 Å². The van der Waals surface area contributed by atoms with E-state index in [-0.39, 0.29) is 29.9 Å². The first-order chi connectivity index (χ1) is 13.5. The summed E-state index contributed by atoms with van der Waals surface area (Å²) in [6.07, 6.45) is 6.87. The van der Waals surface area contributed by atoms with Gasteiger partial charge in [0.25, 0.3) is 0 Å². The van der Waals surface area contributed by atoms with E-state index in [4.69, 9.17) is 9.26 Å². The maximum atomic E-state index is 13.2. The third kappa shape index (κ3) is 2.62. The molecule has 150 valence electrons. The molecule has 8 nitrogen and oxygen atoms in total. The lowest BCUT2D eigenvalue weighted by Crippen LogP contribution is -2.46.